The van der Waals surface area contributed by atoms with E-state index in [0.717, 1.165) is 19.3 Å². The highest BCUT2D eigenvalue weighted by molar-refractivity contribution is 6.19. The lowest BCUT2D eigenvalue weighted by atomic mass is 9.71. The highest BCUT2D eigenvalue weighted by atomic mass is 16.5. The van der Waals surface area contributed by atoms with Gasteiger partial charge in [-0.3, -0.25) is 19.8 Å². The third-order valence-corrected chi connectivity index (χ3v) is 4.39. The molecule has 6 nitrogen and oxygen atoms in total. The van der Waals surface area contributed by atoms with E-state index in [0.29, 0.717) is 25.9 Å². The molecule has 112 valence electrons. The number of amides is 4. The largest absolute Gasteiger partial charge is 0.385 e. The zero-order valence-corrected chi connectivity index (χ0v) is 12.1. The van der Waals surface area contributed by atoms with Gasteiger partial charge >= 0.3 is 6.03 Å². The van der Waals surface area contributed by atoms with E-state index < -0.39 is 17.4 Å². The molecule has 0 radical (unpaired) electrons. The summed E-state index contributed by atoms with van der Waals surface area (Å²) in [6, 6.07) is -0.867. The van der Waals surface area contributed by atoms with E-state index in [9.17, 15) is 14.4 Å². The van der Waals surface area contributed by atoms with Crippen LogP contribution < -0.4 is 5.32 Å². The molecule has 1 saturated carbocycles. The molecule has 1 atom stereocenters. The molecule has 1 spiro atoms. The Morgan fingerprint density at radius 3 is 2.50 bits per heavy atom. The highest BCUT2D eigenvalue weighted by Gasteiger charge is 2.54. The summed E-state index contributed by atoms with van der Waals surface area (Å²) in [7, 11) is 1.58. The van der Waals surface area contributed by atoms with Gasteiger partial charge in [0.1, 0.15) is 5.41 Å². The summed E-state index contributed by atoms with van der Waals surface area (Å²) < 4.78 is 5.00. The Kier molecular flexibility index (Phi) is 4.42. The summed E-state index contributed by atoms with van der Waals surface area (Å²) in [6.07, 6.45) is 4.40. The Balaban J connectivity index is 2.22. The van der Waals surface area contributed by atoms with E-state index in [1.807, 2.05) is 6.92 Å². The van der Waals surface area contributed by atoms with Gasteiger partial charge in [-0.1, -0.05) is 19.3 Å². The smallest absolute Gasteiger partial charge is 0.331 e. The number of nitrogens with zero attached hydrogens (tertiary/aromatic N) is 1. The molecule has 1 N–H and O–H groups in total. The monoisotopic (exact) mass is 282 g/mol. The first-order valence-corrected chi connectivity index (χ1v) is 7.21. The molecule has 0 aromatic rings. The Bertz CT molecular complexity index is 415. The summed E-state index contributed by atoms with van der Waals surface area (Å²) in [5.74, 6) is -0.739. The summed E-state index contributed by atoms with van der Waals surface area (Å²) in [5.41, 5.74) is -1.02. The van der Waals surface area contributed by atoms with Crippen LogP contribution in [0, 0.1) is 5.41 Å². The van der Waals surface area contributed by atoms with Crippen molar-refractivity contribution in [1.29, 1.82) is 0 Å². The van der Waals surface area contributed by atoms with Gasteiger partial charge in [0.05, 0.1) is 0 Å². The minimum Gasteiger partial charge on any atom is -0.385 e. The van der Waals surface area contributed by atoms with Crippen molar-refractivity contribution in [2.24, 2.45) is 5.41 Å². The second-order valence-electron chi connectivity index (χ2n) is 5.71. The maximum absolute atomic E-state index is 12.7. The molecule has 0 aromatic heterocycles. The molecule has 20 heavy (non-hydrogen) atoms. The third kappa shape index (κ3) is 2.44. The maximum Gasteiger partial charge on any atom is 0.331 e. The number of carbonyl (C=O) groups excluding carboxylic acids is 3. The zero-order chi connectivity index (χ0) is 14.8. The van der Waals surface area contributed by atoms with Gasteiger partial charge in [-0.25, -0.2) is 4.79 Å². The van der Waals surface area contributed by atoms with Crippen LogP contribution in [0.15, 0.2) is 0 Å². The van der Waals surface area contributed by atoms with Crippen molar-refractivity contribution in [2.75, 3.05) is 13.7 Å². The average molecular weight is 282 g/mol. The maximum atomic E-state index is 12.7. The van der Waals surface area contributed by atoms with Gasteiger partial charge in [-0.2, -0.15) is 0 Å². The van der Waals surface area contributed by atoms with Crippen LogP contribution in [-0.4, -0.2) is 42.5 Å². The fourth-order valence-corrected chi connectivity index (χ4v) is 3.11. The van der Waals surface area contributed by atoms with Gasteiger partial charge < -0.3 is 4.74 Å². The molecule has 0 bridgehead atoms. The first-order chi connectivity index (χ1) is 9.53. The SMILES string of the molecule is COCCC(C)N1C(=O)NC(=O)C2(CCCCC2)C1=O. The molecular formula is C14H22N2O4. The van der Waals surface area contributed by atoms with E-state index in [1.54, 1.807) is 7.11 Å². The quantitative estimate of drug-likeness (QED) is 0.792. The van der Waals surface area contributed by atoms with Crippen molar-refractivity contribution in [3.05, 3.63) is 0 Å². The van der Waals surface area contributed by atoms with Crippen molar-refractivity contribution < 1.29 is 19.1 Å². The number of carbonyl (C=O) groups is 3. The van der Waals surface area contributed by atoms with E-state index >= 15 is 0 Å². The number of barbiturate groups is 1. The molecule has 2 rings (SSSR count). The Hall–Kier alpha value is -1.43. The zero-order valence-electron chi connectivity index (χ0n) is 12.1. The molecule has 0 aromatic carbocycles. The van der Waals surface area contributed by atoms with Gasteiger partial charge in [0, 0.05) is 19.8 Å². The molecule has 1 saturated heterocycles. The molecule has 6 heteroatoms. The lowest BCUT2D eigenvalue weighted by Crippen LogP contribution is -2.66. The summed E-state index contributed by atoms with van der Waals surface area (Å²) >= 11 is 0. The van der Waals surface area contributed by atoms with Crippen LogP contribution >= 0.6 is 0 Å². The predicted molar refractivity (Wildman–Crippen MR) is 71.9 cm³/mol. The molecule has 1 heterocycles. The number of nitrogens with one attached hydrogen (secondary N) is 1. The molecular weight excluding hydrogens is 260 g/mol. The van der Waals surface area contributed by atoms with Crippen molar-refractivity contribution in [2.45, 2.75) is 51.5 Å². The summed E-state index contributed by atoms with van der Waals surface area (Å²) in [5, 5.41) is 2.36. The van der Waals surface area contributed by atoms with E-state index in [1.165, 1.54) is 4.90 Å². The lowest BCUT2D eigenvalue weighted by Gasteiger charge is -2.43. The van der Waals surface area contributed by atoms with Gasteiger partial charge in [-0.05, 0) is 26.2 Å². The van der Waals surface area contributed by atoms with Crippen LogP contribution in [0.5, 0.6) is 0 Å². The first-order valence-electron chi connectivity index (χ1n) is 7.21. The number of hydrogen-bond donors (Lipinski definition) is 1. The fraction of sp³-hybridized carbons (Fsp3) is 0.786. The van der Waals surface area contributed by atoms with Crippen molar-refractivity contribution in [3.8, 4) is 0 Å². The number of rotatable bonds is 4. The molecule has 1 aliphatic heterocycles. The lowest BCUT2D eigenvalue weighted by molar-refractivity contribution is -0.155. The van der Waals surface area contributed by atoms with E-state index in [-0.39, 0.29) is 11.9 Å². The molecule has 4 amide bonds. The topological polar surface area (TPSA) is 75.7 Å². The van der Waals surface area contributed by atoms with Crippen molar-refractivity contribution in [3.63, 3.8) is 0 Å². The predicted octanol–water partition coefficient (Wildman–Crippen LogP) is 1.44. The van der Waals surface area contributed by atoms with Crippen LogP contribution in [0.4, 0.5) is 4.79 Å². The van der Waals surface area contributed by atoms with Crippen molar-refractivity contribution >= 4 is 17.8 Å². The second kappa shape index (κ2) is 5.91. The van der Waals surface area contributed by atoms with Crippen LogP contribution in [0.25, 0.3) is 0 Å². The van der Waals surface area contributed by atoms with E-state index in [2.05, 4.69) is 5.32 Å². The molecule has 1 unspecified atom stereocenters. The van der Waals surface area contributed by atoms with E-state index in [4.69, 9.17) is 4.74 Å². The van der Waals surface area contributed by atoms with Crippen LogP contribution in [-0.2, 0) is 14.3 Å². The van der Waals surface area contributed by atoms with Crippen LogP contribution in [0.1, 0.15) is 45.4 Å². The first kappa shape index (κ1) is 15.0. The minimum atomic E-state index is -1.02. The van der Waals surface area contributed by atoms with Crippen LogP contribution in [0.3, 0.4) is 0 Å². The Morgan fingerprint density at radius 1 is 1.25 bits per heavy atom. The van der Waals surface area contributed by atoms with Crippen LogP contribution in [0.2, 0.25) is 0 Å². The third-order valence-electron chi connectivity index (χ3n) is 4.39. The van der Waals surface area contributed by atoms with Gasteiger partial charge in [0.2, 0.25) is 11.8 Å². The van der Waals surface area contributed by atoms with Gasteiger partial charge in [-0.15, -0.1) is 0 Å². The number of methoxy groups -OCH3 is 1. The molecule has 2 fully saturated rings. The molecule has 2 aliphatic rings. The summed E-state index contributed by atoms with van der Waals surface area (Å²) in [4.78, 5) is 38.1. The average Bonchev–Trinajstić information content (AvgIpc) is 2.44. The highest BCUT2D eigenvalue weighted by Crippen LogP contribution is 2.40. The van der Waals surface area contributed by atoms with Gasteiger partial charge in [0.25, 0.3) is 0 Å². The summed E-state index contributed by atoms with van der Waals surface area (Å²) in [6.45, 7) is 2.28. The van der Waals surface area contributed by atoms with Crippen molar-refractivity contribution in [1.82, 2.24) is 10.2 Å². The normalized spacial score (nSPS) is 23.9. The number of ether oxygens (including phenoxy) is 1. The molecule has 1 aliphatic carbocycles. The number of urea groups is 1. The minimum absolute atomic E-state index is 0.269. The Labute approximate surface area is 118 Å². The second-order valence-corrected chi connectivity index (χ2v) is 5.71. The number of imide groups is 2. The van der Waals surface area contributed by atoms with Gasteiger partial charge in [0.15, 0.2) is 0 Å². The standard InChI is InChI=1S/C14H22N2O4/c1-10(6-9-20-2)16-12(18)14(7-4-3-5-8-14)11(17)15-13(16)19/h10H,3-9H2,1-2H3,(H,15,17,19). The fourth-order valence-electron chi connectivity index (χ4n) is 3.11. The number of hydrogen-bond acceptors (Lipinski definition) is 4. The Morgan fingerprint density at radius 2 is 1.90 bits per heavy atom.